The average Bonchev–Trinajstić information content (AvgIpc) is 3.77. The Bertz CT molecular complexity index is 2460. The number of fused-ring (bicyclic) bond motifs is 2. The first-order valence-electron chi connectivity index (χ1n) is 17.9. The maximum Gasteiger partial charge on any atom is 0.340 e. The number of phenols is 2. The molecule has 1 aliphatic heterocycles. The lowest BCUT2D eigenvalue weighted by Crippen LogP contribution is -2.59. The molecule has 16 nitrogen and oxygen atoms in total. The molecule has 1 fully saturated rings. The zero-order valence-electron chi connectivity index (χ0n) is 31.5. The monoisotopic (exact) mass is 766 g/mol. The number of aromatic nitrogens is 6. The van der Waals surface area contributed by atoms with Gasteiger partial charge >= 0.3 is 11.9 Å². The van der Waals surface area contributed by atoms with E-state index in [1.54, 1.807) is 30.3 Å². The molecule has 1 saturated heterocycles. The van der Waals surface area contributed by atoms with Crippen LogP contribution in [0.1, 0.15) is 73.4 Å². The Morgan fingerprint density at radius 1 is 0.625 bits per heavy atom. The number of phenolic OH excluding ortho intramolecular Hbond substituents is 2. The maximum absolute atomic E-state index is 13.2. The molecule has 56 heavy (non-hydrogen) atoms. The highest BCUT2D eigenvalue weighted by Crippen LogP contribution is 2.32. The van der Waals surface area contributed by atoms with E-state index >= 15 is 0 Å². The van der Waals surface area contributed by atoms with Gasteiger partial charge in [-0.3, -0.25) is 0 Å². The van der Waals surface area contributed by atoms with E-state index in [0.29, 0.717) is 33.4 Å². The summed E-state index contributed by atoms with van der Waals surface area (Å²) in [5, 5.41) is 70.7. The molecule has 0 spiro atoms. The number of esters is 2. The molecule has 0 bridgehead atoms. The lowest BCUT2D eigenvalue weighted by atomic mass is 9.87. The van der Waals surface area contributed by atoms with Crippen molar-refractivity contribution in [2.24, 2.45) is 0 Å². The number of nitrogens with zero attached hydrogens (tertiary/aromatic N) is 6. The summed E-state index contributed by atoms with van der Waals surface area (Å²) in [6.07, 6.45) is -8.49. The minimum absolute atomic E-state index is 0.0149. The lowest BCUT2D eigenvalue weighted by molar-refractivity contribution is -0.285. The molecule has 5 N–H and O–H groups in total. The molecule has 7 rings (SSSR count). The van der Waals surface area contributed by atoms with Crippen molar-refractivity contribution >= 4 is 34.0 Å². The molecule has 6 aromatic rings. The summed E-state index contributed by atoms with van der Waals surface area (Å²) >= 11 is 0. The van der Waals surface area contributed by atoms with Crippen molar-refractivity contribution in [3.63, 3.8) is 0 Å². The van der Waals surface area contributed by atoms with Gasteiger partial charge < -0.3 is 39.7 Å². The zero-order chi connectivity index (χ0) is 40.3. The van der Waals surface area contributed by atoms with Crippen molar-refractivity contribution in [2.45, 2.75) is 83.1 Å². The third-order valence-corrected chi connectivity index (χ3v) is 9.62. The highest BCUT2D eigenvalue weighted by Gasteiger charge is 2.46. The van der Waals surface area contributed by atoms with Gasteiger partial charge in [0.25, 0.3) is 0 Å². The van der Waals surface area contributed by atoms with Crippen LogP contribution in [0.3, 0.4) is 0 Å². The summed E-state index contributed by atoms with van der Waals surface area (Å²) < 4.78 is 16.5. The largest absolute Gasteiger partial charge is 0.506 e. The maximum atomic E-state index is 13.2. The van der Waals surface area contributed by atoms with Gasteiger partial charge in [0.2, 0.25) is 6.29 Å². The topological polar surface area (TPSA) is 224 Å². The summed E-state index contributed by atoms with van der Waals surface area (Å²) in [6, 6.07) is 19.2. The predicted octanol–water partition coefficient (Wildman–Crippen LogP) is 3.98. The smallest absolute Gasteiger partial charge is 0.340 e. The molecule has 292 valence electrons. The van der Waals surface area contributed by atoms with Gasteiger partial charge in [-0.25, -0.2) is 9.59 Å². The Hall–Kier alpha value is -5.94. The van der Waals surface area contributed by atoms with Gasteiger partial charge in [0.15, 0.2) is 0 Å². The fourth-order valence-electron chi connectivity index (χ4n) is 6.17. The molecule has 3 heterocycles. The van der Waals surface area contributed by atoms with E-state index < -0.39 is 49.3 Å². The van der Waals surface area contributed by atoms with Crippen molar-refractivity contribution in [3.8, 4) is 22.9 Å². The second-order valence-corrected chi connectivity index (χ2v) is 15.8. The molecule has 16 heteroatoms. The molecule has 0 saturated carbocycles. The minimum atomic E-state index is -1.84. The lowest BCUT2D eigenvalue weighted by Gasteiger charge is -2.39. The van der Waals surface area contributed by atoms with Gasteiger partial charge in [0.05, 0.1) is 11.1 Å². The summed E-state index contributed by atoms with van der Waals surface area (Å²) in [7, 11) is 0. The molecule has 5 atom stereocenters. The third kappa shape index (κ3) is 7.51. The van der Waals surface area contributed by atoms with Gasteiger partial charge in [0.1, 0.15) is 76.0 Å². The molecule has 1 aliphatic rings. The summed E-state index contributed by atoms with van der Waals surface area (Å²) in [6.45, 7) is 11.7. The fourth-order valence-corrected chi connectivity index (χ4v) is 6.17. The van der Waals surface area contributed by atoms with Crippen LogP contribution in [0.15, 0.2) is 72.8 Å². The number of hydrogen-bond donors (Lipinski definition) is 5. The number of aliphatic hydroxyl groups is 3. The van der Waals surface area contributed by atoms with Gasteiger partial charge in [-0.05, 0) is 82.6 Å². The van der Waals surface area contributed by atoms with Crippen LogP contribution < -0.4 is 0 Å². The van der Waals surface area contributed by atoms with Crippen LogP contribution in [0.5, 0.6) is 11.5 Å². The molecular formula is C40H42N6O10. The van der Waals surface area contributed by atoms with Crippen molar-refractivity contribution in [2.75, 3.05) is 6.61 Å². The zero-order valence-corrected chi connectivity index (χ0v) is 31.5. The first kappa shape index (κ1) is 38.3. The summed E-state index contributed by atoms with van der Waals surface area (Å²) in [5.74, 6) is -1.82. The van der Waals surface area contributed by atoms with Crippen LogP contribution in [0.2, 0.25) is 0 Å². The molecule has 0 aliphatic carbocycles. The standard InChI is InChI=1S/C40H42N6O10/c1-39(2,3)22-9-13-30(47)28(17-22)45-41-24-11-7-20(15-26(24)43-45)36(52)54-19-32-33(49)34(50)35(51)38(55-32)56-37(53)21-8-12-25-27(16-21)44-46(42-25)29-18-23(40(4,5)6)10-14-31(29)48/h7-18,32-35,38,47-51H,19H2,1-6H3. The predicted molar refractivity (Wildman–Crippen MR) is 201 cm³/mol. The minimum Gasteiger partial charge on any atom is -0.506 e. The van der Waals surface area contributed by atoms with Crippen molar-refractivity contribution < 1.29 is 49.3 Å². The Labute approximate surface area is 320 Å². The van der Waals surface area contributed by atoms with Gasteiger partial charge in [-0.15, -0.1) is 30.0 Å². The first-order valence-corrected chi connectivity index (χ1v) is 17.9. The molecule has 0 radical (unpaired) electrons. The summed E-state index contributed by atoms with van der Waals surface area (Å²) in [4.78, 5) is 28.9. The third-order valence-electron chi connectivity index (χ3n) is 9.62. The highest BCUT2D eigenvalue weighted by atomic mass is 16.7. The number of hydrogen-bond acceptors (Lipinski definition) is 14. The Morgan fingerprint density at radius 2 is 1.09 bits per heavy atom. The average molecular weight is 767 g/mol. The molecular weight excluding hydrogens is 724 g/mol. The van der Waals surface area contributed by atoms with E-state index in [1.165, 1.54) is 39.9 Å². The van der Waals surface area contributed by atoms with Gasteiger partial charge in [0, 0.05) is 0 Å². The fraction of sp³-hybridized carbons (Fsp3) is 0.350. The van der Waals surface area contributed by atoms with E-state index in [4.69, 9.17) is 14.2 Å². The van der Waals surface area contributed by atoms with E-state index in [1.807, 2.05) is 53.7 Å². The van der Waals surface area contributed by atoms with Crippen LogP contribution in [-0.2, 0) is 25.0 Å². The van der Waals surface area contributed by atoms with Crippen LogP contribution >= 0.6 is 0 Å². The van der Waals surface area contributed by atoms with E-state index in [0.717, 1.165) is 11.1 Å². The second kappa shape index (κ2) is 14.3. The number of ether oxygens (including phenoxy) is 3. The normalized spacial score (nSPS) is 20.3. The van der Waals surface area contributed by atoms with E-state index in [2.05, 4.69) is 20.4 Å². The first-order chi connectivity index (χ1) is 26.4. The number of benzene rings is 4. The number of rotatable bonds is 7. The quantitative estimate of drug-likeness (QED) is 0.145. The van der Waals surface area contributed by atoms with Gasteiger partial charge in [-0.2, -0.15) is 0 Å². The van der Waals surface area contributed by atoms with Crippen molar-refractivity contribution in [1.82, 2.24) is 30.0 Å². The van der Waals surface area contributed by atoms with Crippen LogP contribution in [-0.4, -0.2) is 105 Å². The Kier molecular flexibility index (Phi) is 9.78. The summed E-state index contributed by atoms with van der Waals surface area (Å²) in [5.41, 5.74) is 3.86. The van der Waals surface area contributed by atoms with Crippen LogP contribution in [0.4, 0.5) is 0 Å². The molecule has 0 amide bonds. The van der Waals surface area contributed by atoms with Crippen LogP contribution in [0.25, 0.3) is 33.4 Å². The highest BCUT2D eigenvalue weighted by molar-refractivity contribution is 5.94. The molecule has 4 aromatic carbocycles. The van der Waals surface area contributed by atoms with E-state index in [9.17, 15) is 35.1 Å². The molecule has 2 aromatic heterocycles. The molecule has 5 unspecified atom stereocenters. The Morgan fingerprint density at radius 3 is 1.57 bits per heavy atom. The van der Waals surface area contributed by atoms with Crippen molar-refractivity contribution in [3.05, 3.63) is 95.1 Å². The Balaban J connectivity index is 1.02. The van der Waals surface area contributed by atoms with Crippen molar-refractivity contribution in [1.29, 1.82) is 0 Å². The van der Waals surface area contributed by atoms with Gasteiger partial charge in [-0.1, -0.05) is 53.7 Å². The number of carbonyl (C=O) groups excluding carboxylic acids is 2. The van der Waals surface area contributed by atoms with E-state index in [-0.39, 0.29) is 33.5 Å². The number of aliphatic hydroxyl groups excluding tert-OH is 3. The van der Waals surface area contributed by atoms with Crippen LogP contribution in [0, 0.1) is 0 Å². The number of aromatic hydroxyl groups is 2. The second-order valence-electron chi connectivity index (χ2n) is 15.8. The number of carbonyl (C=O) groups is 2. The SMILES string of the molecule is CC(C)(C)c1ccc(O)c(-n2nc3ccc(C(=O)OCC4OC(OC(=O)c5ccc6nn(-c7cc(C(C)(C)C)ccc7O)nc6c5)C(O)C(O)C4O)cc3n2)c1.